The van der Waals surface area contributed by atoms with Gasteiger partial charge in [0.25, 0.3) is 0 Å². The molecule has 12 heteroatoms. The van der Waals surface area contributed by atoms with Crippen LogP contribution in [0.2, 0.25) is 0 Å². The molecule has 0 aromatic heterocycles. The Morgan fingerprint density at radius 3 is 2.78 bits per heavy atom. The lowest BCUT2D eigenvalue weighted by Gasteiger charge is -2.28. The van der Waals surface area contributed by atoms with E-state index >= 15 is 0 Å². The number of alkyl halides is 3. The van der Waals surface area contributed by atoms with Gasteiger partial charge in [-0.15, -0.1) is 0 Å². The zero-order valence-electron chi connectivity index (χ0n) is 11.6. The Hall–Kier alpha value is -1.37. The molecule has 5 atom stereocenters. The van der Waals surface area contributed by atoms with E-state index in [2.05, 4.69) is 15.0 Å². The summed E-state index contributed by atoms with van der Waals surface area (Å²) in [5.74, 6) is 0.117. The molecule has 3 aliphatic rings. The van der Waals surface area contributed by atoms with E-state index in [1.807, 2.05) is 0 Å². The van der Waals surface area contributed by atoms with Gasteiger partial charge in [0.05, 0.1) is 12.4 Å². The Morgan fingerprint density at radius 2 is 2.09 bits per heavy atom. The number of aliphatic imine (C=N–C) groups is 3. The minimum atomic E-state index is -4.44. The smallest absolute Gasteiger partial charge is 0.387 e. The molecule has 0 aromatic rings. The highest BCUT2D eigenvalue weighted by Crippen LogP contribution is 2.35. The van der Waals surface area contributed by atoms with Gasteiger partial charge >= 0.3 is 5.51 Å². The van der Waals surface area contributed by atoms with E-state index in [-0.39, 0.29) is 24.3 Å². The SMILES string of the molecule is NC1=NCN=C2C1N=CN2C1O[C@H](CSC(F)(F)F)[C@@H](O)[C@H]1O. The lowest BCUT2D eigenvalue weighted by atomic mass is 10.1. The molecule has 0 saturated carbocycles. The number of rotatable bonds is 3. The van der Waals surface area contributed by atoms with Crippen molar-refractivity contribution in [2.24, 2.45) is 20.7 Å². The first kappa shape index (κ1) is 16.5. The number of ether oxygens (including phenoxy) is 1. The van der Waals surface area contributed by atoms with Crippen molar-refractivity contribution in [1.29, 1.82) is 0 Å². The van der Waals surface area contributed by atoms with Gasteiger partial charge in [0, 0.05) is 5.75 Å². The van der Waals surface area contributed by atoms with Gasteiger partial charge in [0.2, 0.25) is 0 Å². The second kappa shape index (κ2) is 5.92. The van der Waals surface area contributed by atoms with Crippen molar-refractivity contribution >= 4 is 29.8 Å². The number of nitrogens with zero attached hydrogens (tertiary/aromatic N) is 4. The number of thioether (sulfide) groups is 1. The van der Waals surface area contributed by atoms with Gasteiger partial charge in [0.1, 0.15) is 30.5 Å². The van der Waals surface area contributed by atoms with Crippen molar-refractivity contribution in [1.82, 2.24) is 4.90 Å². The van der Waals surface area contributed by atoms with Crippen molar-refractivity contribution < 1.29 is 28.1 Å². The summed E-state index contributed by atoms with van der Waals surface area (Å²) in [5, 5.41) is 20.0. The molecule has 2 unspecified atom stereocenters. The molecule has 3 rings (SSSR count). The fourth-order valence-corrected chi connectivity index (χ4v) is 3.16. The first-order valence-electron chi connectivity index (χ1n) is 6.66. The largest absolute Gasteiger partial charge is 0.441 e. The number of aliphatic hydroxyl groups is 2. The Bertz CT molecular complexity index is 570. The fraction of sp³-hybridized carbons (Fsp3) is 0.727. The van der Waals surface area contributed by atoms with Gasteiger partial charge in [-0.25, -0.2) is 9.98 Å². The number of aliphatic hydroxyl groups excluding tert-OH is 2. The van der Waals surface area contributed by atoms with Crippen LogP contribution in [0.15, 0.2) is 15.0 Å². The van der Waals surface area contributed by atoms with Crippen molar-refractivity contribution in [3.05, 3.63) is 0 Å². The summed E-state index contributed by atoms with van der Waals surface area (Å²) < 4.78 is 42.2. The standard InChI is InChI=1S/C11H14F3N5O3S/c12-11(13,14)23-1-4-6(20)7(21)10(22-4)19-3-18-5-8(15)16-2-17-9(5)19/h3-7,10,20-21H,1-2H2,(H2,15,16)/t4-,5?,6-,7-,10?/m1/s1. The number of nitrogens with two attached hydrogens (primary N) is 1. The summed E-state index contributed by atoms with van der Waals surface area (Å²) in [6.45, 7) is 0.0935. The number of amidine groups is 2. The average molecular weight is 353 g/mol. The van der Waals surface area contributed by atoms with Gasteiger partial charge in [-0.2, -0.15) is 13.2 Å². The number of hydrogen-bond acceptors (Lipinski definition) is 9. The Kier molecular flexibility index (Phi) is 4.25. The summed E-state index contributed by atoms with van der Waals surface area (Å²) >= 11 is -0.313. The van der Waals surface area contributed by atoms with E-state index in [1.165, 1.54) is 11.2 Å². The molecule has 0 radical (unpaired) electrons. The van der Waals surface area contributed by atoms with Gasteiger partial charge in [-0.3, -0.25) is 9.89 Å². The maximum absolute atomic E-state index is 12.3. The highest BCUT2D eigenvalue weighted by Gasteiger charge is 2.49. The van der Waals surface area contributed by atoms with Crippen LogP contribution in [0.5, 0.6) is 0 Å². The summed E-state index contributed by atoms with van der Waals surface area (Å²) in [4.78, 5) is 13.5. The molecular formula is C11H14F3N5O3S. The minimum absolute atomic E-state index is 0.0935. The fourth-order valence-electron chi connectivity index (χ4n) is 2.53. The molecular weight excluding hydrogens is 339 g/mol. The van der Waals surface area contributed by atoms with E-state index in [4.69, 9.17) is 10.5 Å². The van der Waals surface area contributed by atoms with Crippen LogP contribution in [0.25, 0.3) is 0 Å². The van der Waals surface area contributed by atoms with E-state index < -0.39 is 41.8 Å². The maximum atomic E-state index is 12.3. The van der Waals surface area contributed by atoms with Crippen LogP contribution >= 0.6 is 11.8 Å². The van der Waals surface area contributed by atoms with Crippen LogP contribution in [0.3, 0.4) is 0 Å². The van der Waals surface area contributed by atoms with E-state index in [0.717, 1.165) is 0 Å². The first-order valence-corrected chi connectivity index (χ1v) is 7.64. The highest BCUT2D eigenvalue weighted by atomic mass is 32.2. The maximum Gasteiger partial charge on any atom is 0.441 e. The van der Waals surface area contributed by atoms with Crippen LogP contribution in [0.4, 0.5) is 13.2 Å². The Labute approximate surface area is 132 Å². The zero-order valence-corrected chi connectivity index (χ0v) is 12.4. The Balaban J connectivity index is 1.70. The summed E-state index contributed by atoms with van der Waals surface area (Å²) in [5.41, 5.74) is 1.27. The number of hydrogen-bond donors (Lipinski definition) is 3. The molecule has 0 bridgehead atoms. The van der Waals surface area contributed by atoms with Gasteiger partial charge in [-0.1, -0.05) is 0 Å². The quantitative estimate of drug-likeness (QED) is 0.607. The predicted molar refractivity (Wildman–Crippen MR) is 77.2 cm³/mol. The van der Waals surface area contributed by atoms with Gasteiger partial charge < -0.3 is 20.7 Å². The van der Waals surface area contributed by atoms with E-state index in [9.17, 15) is 23.4 Å². The van der Waals surface area contributed by atoms with Crippen molar-refractivity contribution in [2.75, 3.05) is 12.4 Å². The second-order valence-corrected chi connectivity index (χ2v) is 6.20. The minimum Gasteiger partial charge on any atom is -0.387 e. The molecule has 3 aliphatic heterocycles. The molecule has 23 heavy (non-hydrogen) atoms. The summed E-state index contributed by atoms with van der Waals surface area (Å²) in [7, 11) is 0. The predicted octanol–water partition coefficient (Wildman–Crippen LogP) is -0.875. The van der Waals surface area contributed by atoms with Crippen LogP contribution in [0.1, 0.15) is 0 Å². The highest BCUT2D eigenvalue weighted by molar-refractivity contribution is 8.00. The monoisotopic (exact) mass is 353 g/mol. The summed E-state index contributed by atoms with van der Waals surface area (Å²) in [6, 6.07) is -0.597. The lowest BCUT2D eigenvalue weighted by molar-refractivity contribution is -0.0387. The van der Waals surface area contributed by atoms with Crippen molar-refractivity contribution in [2.45, 2.75) is 36.1 Å². The van der Waals surface area contributed by atoms with Crippen LogP contribution < -0.4 is 5.73 Å². The molecule has 1 saturated heterocycles. The lowest BCUT2D eigenvalue weighted by Crippen LogP contribution is -2.49. The average Bonchev–Trinajstić information content (AvgIpc) is 3.01. The van der Waals surface area contributed by atoms with Gasteiger partial charge in [-0.05, 0) is 11.8 Å². The molecule has 128 valence electrons. The molecule has 4 N–H and O–H groups in total. The molecule has 1 fully saturated rings. The van der Waals surface area contributed by atoms with Gasteiger partial charge in [0.15, 0.2) is 12.3 Å². The number of halogens is 3. The third kappa shape index (κ3) is 3.16. The third-order valence-electron chi connectivity index (χ3n) is 3.64. The molecule has 0 amide bonds. The van der Waals surface area contributed by atoms with Crippen molar-refractivity contribution in [3.63, 3.8) is 0 Å². The molecule has 3 heterocycles. The second-order valence-electron chi connectivity index (χ2n) is 5.12. The topological polar surface area (TPSA) is 116 Å². The Morgan fingerprint density at radius 1 is 1.35 bits per heavy atom. The summed E-state index contributed by atoms with van der Waals surface area (Å²) in [6.07, 6.45) is -3.76. The number of fused-ring (bicyclic) bond motifs is 1. The van der Waals surface area contributed by atoms with E-state index in [1.54, 1.807) is 0 Å². The molecule has 0 aromatic carbocycles. The normalized spacial score (nSPS) is 36.9. The molecule has 8 nitrogen and oxygen atoms in total. The van der Waals surface area contributed by atoms with Crippen LogP contribution in [-0.2, 0) is 4.74 Å². The first-order chi connectivity index (χ1) is 10.8. The molecule has 0 aliphatic carbocycles. The van der Waals surface area contributed by atoms with E-state index in [0.29, 0.717) is 5.84 Å². The zero-order chi connectivity index (χ0) is 16.8. The van der Waals surface area contributed by atoms with Crippen LogP contribution in [0, 0.1) is 0 Å². The van der Waals surface area contributed by atoms with Crippen molar-refractivity contribution in [3.8, 4) is 0 Å². The van der Waals surface area contributed by atoms with Crippen LogP contribution in [-0.4, -0.2) is 81.6 Å². The third-order valence-corrected chi connectivity index (χ3v) is 4.46. The molecule has 0 spiro atoms.